The number of benzene rings is 1. The predicted molar refractivity (Wildman–Crippen MR) is 96.3 cm³/mol. The van der Waals surface area contributed by atoms with E-state index in [9.17, 15) is 31.2 Å². The molecular formula is C18H19F3N2O5S. The van der Waals surface area contributed by atoms with Gasteiger partial charge in [-0.25, -0.2) is 18.0 Å². The van der Waals surface area contributed by atoms with Crippen LogP contribution in [-0.2, 0) is 25.5 Å². The van der Waals surface area contributed by atoms with E-state index < -0.39 is 45.7 Å². The van der Waals surface area contributed by atoms with Crippen LogP contribution in [0.1, 0.15) is 30.5 Å². The van der Waals surface area contributed by atoms with Gasteiger partial charge in [-0.3, -0.25) is 4.90 Å². The molecule has 0 bridgehead atoms. The van der Waals surface area contributed by atoms with E-state index in [1.54, 1.807) is 0 Å². The van der Waals surface area contributed by atoms with Crippen LogP contribution in [0.15, 0.2) is 35.5 Å². The molecule has 0 spiro atoms. The third-order valence-electron chi connectivity index (χ3n) is 5.08. The minimum Gasteiger partial charge on any atom is -0.466 e. The molecule has 0 aliphatic carbocycles. The maximum atomic E-state index is 13.5. The number of allylic oxidation sites excluding steroid dienone is 1. The second-order valence-electron chi connectivity index (χ2n) is 6.89. The van der Waals surface area contributed by atoms with Crippen molar-refractivity contribution in [3.05, 3.63) is 46.7 Å². The Hall–Kier alpha value is -2.56. The summed E-state index contributed by atoms with van der Waals surface area (Å²) in [7, 11) is -2.26. The number of alkyl halides is 3. The lowest BCUT2D eigenvalue weighted by Gasteiger charge is -2.38. The molecule has 2 amide bonds. The highest BCUT2D eigenvalue weighted by atomic mass is 32.2. The van der Waals surface area contributed by atoms with Gasteiger partial charge in [0.25, 0.3) is 0 Å². The fourth-order valence-electron chi connectivity index (χ4n) is 3.79. The van der Waals surface area contributed by atoms with Crippen molar-refractivity contribution in [3.8, 4) is 0 Å². The van der Waals surface area contributed by atoms with Crippen molar-refractivity contribution in [1.29, 1.82) is 0 Å². The standard InChI is InChI=1S/C18H19F3N2O5S/c1-10-14(16(24)28-2)15(12-5-3-4-6-13(12)18(19,20)21)22-17(25)23(10)11-7-8-29(26,27)9-11/h3-6,11,15H,7-9H2,1-2H3,(H,22,25)/t11-,15-/m1/s1. The number of rotatable bonds is 3. The summed E-state index contributed by atoms with van der Waals surface area (Å²) in [6.45, 7) is 1.40. The van der Waals surface area contributed by atoms with Gasteiger partial charge in [0.2, 0.25) is 0 Å². The van der Waals surface area contributed by atoms with Crippen LogP contribution >= 0.6 is 0 Å². The fourth-order valence-corrected chi connectivity index (χ4v) is 5.49. The van der Waals surface area contributed by atoms with E-state index in [1.165, 1.54) is 25.1 Å². The number of nitrogens with one attached hydrogen (secondary N) is 1. The second-order valence-corrected chi connectivity index (χ2v) is 9.11. The summed E-state index contributed by atoms with van der Waals surface area (Å²) < 4.78 is 68.9. The summed E-state index contributed by atoms with van der Waals surface area (Å²) >= 11 is 0. The summed E-state index contributed by atoms with van der Waals surface area (Å²) in [5.74, 6) is -1.30. The average Bonchev–Trinajstić information content (AvgIpc) is 2.99. The molecule has 158 valence electrons. The van der Waals surface area contributed by atoms with Crippen LogP contribution in [0.3, 0.4) is 0 Å². The lowest BCUT2D eigenvalue weighted by Crippen LogP contribution is -2.52. The van der Waals surface area contributed by atoms with Crippen LogP contribution in [0.4, 0.5) is 18.0 Å². The molecular weight excluding hydrogens is 413 g/mol. The Kier molecular flexibility index (Phi) is 5.37. The zero-order valence-corrected chi connectivity index (χ0v) is 16.4. The first kappa shape index (κ1) is 21.2. The van der Waals surface area contributed by atoms with E-state index in [-0.39, 0.29) is 34.8 Å². The number of amides is 2. The molecule has 7 nitrogen and oxygen atoms in total. The number of hydrogen-bond donors (Lipinski definition) is 1. The number of halogens is 3. The minimum atomic E-state index is -4.70. The lowest BCUT2D eigenvalue weighted by molar-refractivity contribution is -0.140. The normalized spacial score (nSPS) is 24.4. The maximum Gasteiger partial charge on any atom is 0.416 e. The number of urea groups is 1. The molecule has 0 unspecified atom stereocenters. The molecule has 11 heteroatoms. The monoisotopic (exact) mass is 432 g/mol. The average molecular weight is 432 g/mol. The molecule has 0 aromatic heterocycles. The minimum absolute atomic E-state index is 0.0738. The van der Waals surface area contributed by atoms with Gasteiger partial charge in [0.05, 0.1) is 41.8 Å². The molecule has 2 aliphatic rings. The first-order chi connectivity index (χ1) is 13.5. The molecule has 29 heavy (non-hydrogen) atoms. The van der Waals surface area contributed by atoms with Crippen molar-refractivity contribution in [2.45, 2.75) is 31.6 Å². The van der Waals surface area contributed by atoms with E-state index in [2.05, 4.69) is 5.32 Å². The van der Waals surface area contributed by atoms with Crippen molar-refractivity contribution in [2.24, 2.45) is 0 Å². The summed E-state index contributed by atoms with van der Waals surface area (Å²) in [6, 6.07) is 1.76. The van der Waals surface area contributed by atoms with Crippen molar-refractivity contribution in [3.63, 3.8) is 0 Å². The van der Waals surface area contributed by atoms with Crippen LogP contribution in [0.2, 0.25) is 0 Å². The molecule has 1 aromatic rings. The van der Waals surface area contributed by atoms with Crippen molar-refractivity contribution < 1.29 is 35.9 Å². The molecule has 1 fully saturated rings. The maximum absolute atomic E-state index is 13.5. The smallest absolute Gasteiger partial charge is 0.416 e. The molecule has 1 aromatic carbocycles. The Morgan fingerprint density at radius 3 is 2.48 bits per heavy atom. The van der Waals surface area contributed by atoms with Gasteiger partial charge in [0, 0.05) is 5.70 Å². The second kappa shape index (κ2) is 7.36. The highest BCUT2D eigenvalue weighted by Crippen LogP contribution is 2.40. The number of ether oxygens (including phenoxy) is 1. The predicted octanol–water partition coefficient (Wildman–Crippen LogP) is 2.41. The molecule has 1 saturated heterocycles. The third-order valence-corrected chi connectivity index (χ3v) is 6.83. The van der Waals surface area contributed by atoms with E-state index in [0.717, 1.165) is 18.1 Å². The van der Waals surface area contributed by atoms with E-state index in [1.807, 2.05) is 0 Å². The largest absolute Gasteiger partial charge is 0.466 e. The van der Waals surface area contributed by atoms with E-state index in [4.69, 9.17) is 4.74 Å². The molecule has 2 aliphatic heterocycles. The first-order valence-electron chi connectivity index (χ1n) is 8.71. The third kappa shape index (κ3) is 3.96. The summed E-state index contributed by atoms with van der Waals surface area (Å²) in [5, 5.41) is 2.43. The van der Waals surface area contributed by atoms with Gasteiger partial charge in [-0.1, -0.05) is 18.2 Å². The quantitative estimate of drug-likeness (QED) is 0.741. The topological polar surface area (TPSA) is 92.8 Å². The van der Waals surface area contributed by atoms with Crippen LogP contribution in [0, 0.1) is 0 Å². The number of esters is 1. The molecule has 1 N–H and O–H groups in total. The van der Waals surface area contributed by atoms with Gasteiger partial charge in [0.1, 0.15) is 0 Å². The number of carbonyl (C=O) groups excluding carboxylic acids is 2. The van der Waals surface area contributed by atoms with E-state index in [0.29, 0.717) is 0 Å². The molecule has 2 heterocycles. The van der Waals surface area contributed by atoms with Gasteiger partial charge in [-0.05, 0) is 25.0 Å². The van der Waals surface area contributed by atoms with Crippen LogP contribution in [0.25, 0.3) is 0 Å². The van der Waals surface area contributed by atoms with Crippen molar-refractivity contribution in [1.82, 2.24) is 10.2 Å². The Morgan fingerprint density at radius 2 is 1.93 bits per heavy atom. The summed E-state index contributed by atoms with van der Waals surface area (Å²) in [4.78, 5) is 26.3. The van der Waals surface area contributed by atoms with Crippen LogP contribution < -0.4 is 5.32 Å². The number of carbonyl (C=O) groups is 2. The number of hydrogen-bond acceptors (Lipinski definition) is 5. The van der Waals surface area contributed by atoms with Crippen LogP contribution in [0.5, 0.6) is 0 Å². The molecule has 3 rings (SSSR count). The SMILES string of the molecule is COC(=O)C1=C(C)N([C@@H]2CCS(=O)(=O)C2)C(=O)N[C@@H]1c1ccccc1C(F)(F)F. The number of sulfone groups is 1. The molecule has 0 saturated carbocycles. The lowest BCUT2D eigenvalue weighted by atomic mass is 9.90. The summed E-state index contributed by atoms with van der Waals surface area (Å²) in [5.41, 5.74) is -1.39. The Bertz CT molecular complexity index is 987. The summed E-state index contributed by atoms with van der Waals surface area (Å²) in [6.07, 6.45) is -4.53. The molecule has 2 atom stereocenters. The van der Waals surface area contributed by atoms with Gasteiger partial charge in [0.15, 0.2) is 9.84 Å². The highest BCUT2D eigenvalue weighted by Gasteiger charge is 2.45. The highest BCUT2D eigenvalue weighted by molar-refractivity contribution is 7.91. The first-order valence-corrected chi connectivity index (χ1v) is 10.5. The Morgan fingerprint density at radius 1 is 1.28 bits per heavy atom. The van der Waals surface area contributed by atoms with Gasteiger partial charge >= 0.3 is 18.2 Å². The van der Waals surface area contributed by atoms with Gasteiger partial charge in [-0.2, -0.15) is 13.2 Å². The fraction of sp³-hybridized carbons (Fsp3) is 0.444. The number of nitrogens with zero attached hydrogens (tertiary/aromatic N) is 1. The Labute approximate surface area is 165 Å². The molecule has 0 radical (unpaired) electrons. The van der Waals surface area contributed by atoms with Gasteiger partial charge < -0.3 is 10.1 Å². The zero-order chi connectivity index (χ0) is 21.6. The van der Waals surface area contributed by atoms with E-state index >= 15 is 0 Å². The Balaban J connectivity index is 2.14. The number of methoxy groups -OCH3 is 1. The van der Waals surface area contributed by atoms with Crippen molar-refractivity contribution >= 4 is 21.8 Å². The van der Waals surface area contributed by atoms with Crippen molar-refractivity contribution in [2.75, 3.05) is 18.6 Å². The van der Waals surface area contributed by atoms with Crippen LogP contribution in [-0.4, -0.2) is 50.0 Å². The van der Waals surface area contributed by atoms with Gasteiger partial charge in [-0.15, -0.1) is 0 Å². The zero-order valence-electron chi connectivity index (χ0n) is 15.6.